The van der Waals surface area contributed by atoms with Crippen molar-refractivity contribution in [2.24, 2.45) is 5.92 Å². The van der Waals surface area contributed by atoms with E-state index in [1.165, 1.54) is 6.92 Å². The number of rotatable bonds is 3. The molecule has 4 heteroatoms. The van der Waals surface area contributed by atoms with Crippen molar-refractivity contribution in [2.45, 2.75) is 12.5 Å². The molecule has 0 radical (unpaired) electrons. The Hall–Kier alpha value is -1.11. The van der Waals surface area contributed by atoms with E-state index in [0.717, 1.165) is 18.2 Å². The van der Waals surface area contributed by atoms with Gasteiger partial charge in [0.1, 0.15) is 17.2 Å². The normalized spacial score (nSPS) is 16.2. The number of aliphatic hydroxyl groups is 1. The van der Waals surface area contributed by atoms with Gasteiger partial charge in [-0.05, 0) is 25.1 Å². The van der Waals surface area contributed by atoms with Crippen LogP contribution in [0.5, 0.6) is 0 Å². The van der Waals surface area contributed by atoms with Crippen LogP contribution < -0.4 is 0 Å². The summed E-state index contributed by atoms with van der Waals surface area (Å²) >= 11 is 5.61. The van der Waals surface area contributed by atoms with Crippen LogP contribution >= 0.6 is 11.6 Å². The molecule has 16 heavy (non-hydrogen) atoms. The highest BCUT2D eigenvalue weighted by molar-refractivity contribution is 6.18. The summed E-state index contributed by atoms with van der Waals surface area (Å²) in [5.74, 6) is -0.129. The van der Waals surface area contributed by atoms with Crippen molar-refractivity contribution in [2.75, 3.05) is 5.88 Å². The standard InChI is InChI=1S/C12H11ClF2O/c1-3-8(2)12(16,7-13)10-6-9(14)4-5-11(10)15/h1,4-6,8,16H,7H2,2H3/t8-,12+/m0/s1. The lowest BCUT2D eigenvalue weighted by atomic mass is 9.84. The molecule has 0 bridgehead atoms. The number of hydrogen-bond donors (Lipinski definition) is 1. The first-order valence-corrected chi connectivity index (χ1v) is 5.19. The third-order valence-corrected chi connectivity index (χ3v) is 2.97. The van der Waals surface area contributed by atoms with E-state index in [1.807, 2.05) is 0 Å². The third-order valence-electron chi connectivity index (χ3n) is 2.56. The molecule has 1 aromatic rings. The summed E-state index contributed by atoms with van der Waals surface area (Å²) in [6.07, 6.45) is 5.17. The Bertz CT molecular complexity index is 428. The Morgan fingerprint density at radius 3 is 2.69 bits per heavy atom. The summed E-state index contributed by atoms with van der Waals surface area (Å²) in [7, 11) is 0. The van der Waals surface area contributed by atoms with Crippen LogP contribution in [0.2, 0.25) is 0 Å². The summed E-state index contributed by atoms with van der Waals surface area (Å²) in [5.41, 5.74) is -1.98. The lowest BCUT2D eigenvalue weighted by Crippen LogP contribution is -2.36. The molecule has 0 spiro atoms. The summed E-state index contributed by atoms with van der Waals surface area (Å²) in [6.45, 7) is 1.52. The molecule has 86 valence electrons. The highest BCUT2D eigenvalue weighted by atomic mass is 35.5. The molecule has 0 aliphatic rings. The minimum absolute atomic E-state index is 0.215. The topological polar surface area (TPSA) is 20.2 Å². The molecule has 1 rings (SSSR count). The first kappa shape index (κ1) is 13.0. The van der Waals surface area contributed by atoms with E-state index in [9.17, 15) is 13.9 Å². The van der Waals surface area contributed by atoms with Gasteiger partial charge < -0.3 is 5.11 Å². The Kier molecular flexibility index (Phi) is 3.90. The van der Waals surface area contributed by atoms with Crippen LogP contribution in [0, 0.1) is 29.9 Å². The fourth-order valence-corrected chi connectivity index (χ4v) is 1.76. The van der Waals surface area contributed by atoms with Crippen molar-refractivity contribution in [3.05, 3.63) is 35.4 Å². The van der Waals surface area contributed by atoms with Crippen molar-refractivity contribution in [1.29, 1.82) is 0 Å². The molecule has 0 saturated carbocycles. The SMILES string of the molecule is C#C[C@H](C)[C@](O)(CCl)c1cc(F)ccc1F. The Morgan fingerprint density at radius 2 is 2.19 bits per heavy atom. The minimum atomic E-state index is -1.76. The van der Waals surface area contributed by atoms with Gasteiger partial charge in [-0.15, -0.1) is 23.9 Å². The van der Waals surface area contributed by atoms with E-state index in [-0.39, 0.29) is 11.4 Å². The summed E-state index contributed by atoms with van der Waals surface area (Å²) in [4.78, 5) is 0. The third kappa shape index (κ3) is 2.18. The minimum Gasteiger partial charge on any atom is -0.383 e. The van der Waals surface area contributed by atoms with Gasteiger partial charge in [0.05, 0.1) is 11.8 Å². The van der Waals surface area contributed by atoms with Crippen LogP contribution in [0.1, 0.15) is 12.5 Å². The number of hydrogen-bond acceptors (Lipinski definition) is 1. The van der Waals surface area contributed by atoms with E-state index < -0.39 is 23.2 Å². The van der Waals surface area contributed by atoms with Gasteiger partial charge in [0.2, 0.25) is 0 Å². The summed E-state index contributed by atoms with van der Waals surface area (Å²) < 4.78 is 26.5. The Balaban J connectivity index is 3.33. The van der Waals surface area contributed by atoms with Crippen molar-refractivity contribution in [1.82, 2.24) is 0 Å². The lowest BCUT2D eigenvalue weighted by molar-refractivity contribution is 0.0240. The number of alkyl halides is 1. The zero-order chi connectivity index (χ0) is 12.3. The molecule has 0 heterocycles. The molecule has 0 aliphatic heterocycles. The predicted octanol–water partition coefficient (Wildman–Crippen LogP) is 2.66. The van der Waals surface area contributed by atoms with Gasteiger partial charge in [0.25, 0.3) is 0 Å². The van der Waals surface area contributed by atoms with Gasteiger partial charge in [-0.2, -0.15) is 0 Å². The van der Waals surface area contributed by atoms with E-state index >= 15 is 0 Å². The van der Waals surface area contributed by atoms with E-state index in [2.05, 4.69) is 5.92 Å². The number of terminal acetylenes is 1. The maximum Gasteiger partial charge on any atom is 0.129 e. The lowest BCUT2D eigenvalue weighted by Gasteiger charge is -2.30. The molecule has 1 N–H and O–H groups in total. The smallest absolute Gasteiger partial charge is 0.129 e. The maximum atomic E-state index is 13.5. The zero-order valence-electron chi connectivity index (χ0n) is 8.67. The van der Waals surface area contributed by atoms with E-state index in [0.29, 0.717) is 0 Å². The molecule has 2 atom stereocenters. The zero-order valence-corrected chi connectivity index (χ0v) is 9.43. The largest absolute Gasteiger partial charge is 0.383 e. The second-order valence-electron chi connectivity index (χ2n) is 3.57. The van der Waals surface area contributed by atoms with Gasteiger partial charge in [-0.3, -0.25) is 0 Å². The quantitative estimate of drug-likeness (QED) is 0.640. The fraction of sp³-hybridized carbons (Fsp3) is 0.333. The van der Waals surface area contributed by atoms with Crippen LogP contribution in [-0.2, 0) is 5.60 Å². The molecule has 0 unspecified atom stereocenters. The van der Waals surface area contributed by atoms with Gasteiger partial charge >= 0.3 is 0 Å². The number of benzene rings is 1. The van der Waals surface area contributed by atoms with Crippen molar-refractivity contribution < 1.29 is 13.9 Å². The second-order valence-corrected chi connectivity index (χ2v) is 3.84. The van der Waals surface area contributed by atoms with Crippen LogP contribution in [0.15, 0.2) is 18.2 Å². The molecule has 0 aliphatic carbocycles. The van der Waals surface area contributed by atoms with Crippen molar-refractivity contribution in [3.8, 4) is 12.3 Å². The highest BCUT2D eigenvalue weighted by Gasteiger charge is 2.36. The molecule has 0 fully saturated rings. The maximum absolute atomic E-state index is 13.5. The molecular formula is C12H11ClF2O. The monoisotopic (exact) mass is 244 g/mol. The van der Waals surface area contributed by atoms with Crippen LogP contribution in [0.25, 0.3) is 0 Å². The van der Waals surface area contributed by atoms with Crippen molar-refractivity contribution in [3.63, 3.8) is 0 Å². The Labute approximate surface area is 98.0 Å². The average Bonchev–Trinajstić information content (AvgIpc) is 2.30. The molecule has 0 amide bonds. The van der Waals surface area contributed by atoms with Gasteiger partial charge in [0.15, 0.2) is 0 Å². The molecule has 0 aromatic heterocycles. The highest BCUT2D eigenvalue weighted by Crippen LogP contribution is 2.32. The van der Waals surface area contributed by atoms with Crippen LogP contribution in [-0.4, -0.2) is 11.0 Å². The molecule has 1 aromatic carbocycles. The van der Waals surface area contributed by atoms with E-state index in [4.69, 9.17) is 18.0 Å². The second kappa shape index (κ2) is 4.82. The molecular weight excluding hydrogens is 234 g/mol. The van der Waals surface area contributed by atoms with Gasteiger partial charge in [0, 0.05) is 5.56 Å². The molecule has 0 saturated heterocycles. The summed E-state index contributed by atoms with van der Waals surface area (Å²) in [6, 6.07) is 2.81. The Morgan fingerprint density at radius 1 is 1.56 bits per heavy atom. The van der Waals surface area contributed by atoms with Gasteiger partial charge in [-0.25, -0.2) is 8.78 Å². The first-order chi connectivity index (χ1) is 7.45. The van der Waals surface area contributed by atoms with E-state index in [1.54, 1.807) is 0 Å². The molecule has 1 nitrogen and oxygen atoms in total. The van der Waals surface area contributed by atoms with Gasteiger partial charge in [-0.1, -0.05) is 0 Å². The summed E-state index contributed by atoms with van der Waals surface area (Å²) in [5, 5.41) is 10.2. The van der Waals surface area contributed by atoms with Crippen molar-refractivity contribution >= 4 is 11.6 Å². The van der Waals surface area contributed by atoms with Crippen LogP contribution in [0.3, 0.4) is 0 Å². The number of halogens is 3. The first-order valence-electron chi connectivity index (χ1n) is 4.65. The average molecular weight is 245 g/mol. The fourth-order valence-electron chi connectivity index (χ4n) is 1.39. The van der Waals surface area contributed by atoms with Crippen LogP contribution in [0.4, 0.5) is 8.78 Å². The predicted molar refractivity (Wildman–Crippen MR) is 59.0 cm³/mol.